The largest absolute Gasteiger partial charge is 0.382 e. The van der Waals surface area contributed by atoms with E-state index in [4.69, 9.17) is 0 Å². The third-order valence-electron chi connectivity index (χ3n) is 3.59. The zero-order valence-corrected chi connectivity index (χ0v) is 11.1. The van der Waals surface area contributed by atoms with Gasteiger partial charge in [-0.3, -0.25) is 0 Å². The number of likely N-dealkylation sites (N-methyl/N-ethyl adjacent to an activating group) is 1. The molecule has 0 spiro atoms. The molecule has 1 unspecified atom stereocenters. The molecule has 3 atom stereocenters. The van der Waals surface area contributed by atoms with Crippen LogP contribution in [0.25, 0.3) is 0 Å². The second-order valence-corrected chi connectivity index (χ2v) is 5.48. The van der Waals surface area contributed by atoms with Gasteiger partial charge in [-0.15, -0.1) is 0 Å². The van der Waals surface area contributed by atoms with E-state index in [-0.39, 0.29) is 12.2 Å². The maximum Gasteiger partial charge on any atom is 0.152 e. The Bertz CT molecular complexity index is 198. The van der Waals surface area contributed by atoms with E-state index >= 15 is 0 Å². The minimum atomic E-state index is -0.343. The molecule has 7 N–H and O–H groups in total. The van der Waals surface area contributed by atoms with Gasteiger partial charge in [-0.05, 0) is 19.3 Å². The fourth-order valence-electron chi connectivity index (χ4n) is 2.65. The van der Waals surface area contributed by atoms with Crippen LogP contribution < -0.4 is 15.5 Å². The van der Waals surface area contributed by atoms with Gasteiger partial charge in [0.2, 0.25) is 0 Å². The average molecular weight is 248 g/mol. The molecule has 1 fully saturated rings. The first-order valence-electron chi connectivity index (χ1n) is 6.92. The molecule has 0 aromatic rings. The maximum absolute atomic E-state index is 10.0. The van der Waals surface area contributed by atoms with E-state index in [2.05, 4.69) is 5.73 Å². The monoisotopic (exact) mass is 248 g/mol. The number of aliphatic hydroxyl groups excluding tert-OH is 2. The molecule has 1 heterocycles. The SMILES string of the molecule is C[NH+](C[C@@H](O)C[NH3+])C[C@H](O)C[NH+]1CCCCC1. The Labute approximate surface area is 104 Å². The van der Waals surface area contributed by atoms with Crippen molar-refractivity contribution in [3.63, 3.8) is 0 Å². The van der Waals surface area contributed by atoms with Crippen molar-refractivity contribution in [2.75, 3.05) is 46.3 Å². The number of aliphatic hydroxyl groups is 2. The zero-order valence-electron chi connectivity index (χ0n) is 11.1. The standard InChI is InChI=1S/C12H27N3O2/c1-14(8-11(16)7-13)9-12(17)10-15-5-3-2-4-6-15/h11-12,16-17H,2-10,13H2,1H3/p+3/t11-,12-/m0/s1. The highest BCUT2D eigenvalue weighted by atomic mass is 16.3. The lowest BCUT2D eigenvalue weighted by molar-refractivity contribution is -0.921. The van der Waals surface area contributed by atoms with E-state index in [0.29, 0.717) is 13.1 Å². The van der Waals surface area contributed by atoms with Gasteiger partial charge in [-0.2, -0.15) is 0 Å². The van der Waals surface area contributed by atoms with Crippen molar-refractivity contribution in [3.8, 4) is 0 Å². The van der Waals surface area contributed by atoms with Gasteiger partial charge in [0.05, 0.1) is 20.1 Å². The number of likely N-dealkylation sites (tertiary alicyclic amines) is 1. The lowest BCUT2D eigenvalue weighted by Gasteiger charge is -2.26. The summed E-state index contributed by atoms with van der Waals surface area (Å²) >= 11 is 0. The average Bonchev–Trinajstić information content (AvgIpc) is 2.29. The second kappa shape index (κ2) is 8.00. The molecule has 1 aliphatic heterocycles. The Morgan fingerprint density at radius 2 is 1.71 bits per heavy atom. The van der Waals surface area contributed by atoms with Crippen LogP contribution in [0.15, 0.2) is 0 Å². The van der Waals surface area contributed by atoms with Crippen LogP contribution >= 0.6 is 0 Å². The summed E-state index contributed by atoms with van der Waals surface area (Å²) in [7, 11) is 2.02. The molecule has 1 rings (SSSR count). The molecular formula is C12H30N3O2+3. The van der Waals surface area contributed by atoms with Crippen LogP contribution in [0.2, 0.25) is 0 Å². The van der Waals surface area contributed by atoms with Crippen LogP contribution in [0.1, 0.15) is 19.3 Å². The molecule has 0 aromatic heterocycles. The van der Waals surface area contributed by atoms with Crippen LogP contribution in [-0.4, -0.2) is 68.7 Å². The smallest absolute Gasteiger partial charge is 0.152 e. The summed E-state index contributed by atoms with van der Waals surface area (Å²) < 4.78 is 0. The predicted octanol–water partition coefficient (Wildman–Crippen LogP) is -4.47. The van der Waals surface area contributed by atoms with Crippen molar-refractivity contribution in [3.05, 3.63) is 0 Å². The van der Waals surface area contributed by atoms with Crippen LogP contribution in [0, 0.1) is 0 Å². The molecule has 1 aliphatic rings. The second-order valence-electron chi connectivity index (χ2n) is 5.48. The maximum atomic E-state index is 10.0. The van der Waals surface area contributed by atoms with Crippen molar-refractivity contribution in [2.24, 2.45) is 0 Å². The molecule has 0 aromatic carbocycles. The minimum absolute atomic E-state index is 0.250. The van der Waals surface area contributed by atoms with Crippen LogP contribution in [0.3, 0.4) is 0 Å². The van der Waals surface area contributed by atoms with E-state index in [0.717, 1.165) is 13.1 Å². The molecule has 5 nitrogen and oxygen atoms in total. The zero-order chi connectivity index (χ0) is 12.7. The van der Waals surface area contributed by atoms with E-state index in [1.165, 1.54) is 42.2 Å². The Morgan fingerprint density at radius 1 is 1.12 bits per heavy atom. The van der Waals surface area contributed by atoms with Gasteiger partial charge in [0.15, 0.2) is 12.2 Å². The molecule has 0 radical (unpaired) electrons. The summed E-state index contributed by atoms with van der Waals surface area (Å²) in [5.41, 5.74) is 3.68. The first-order chi connectivity index (χ1) is 8.11. The predicted molar refractivity (Wildman–Crippen MR) is 65.8 cm³/mol. The van der Waals surface area contributed by atoms with Crippen molar-refractivity contribution in [2.45, 2.75) is 31.5 Å². The molecule has 5 heteroatoms. The van der Waals surface area contributed by atoms with Gasteiger partial charge in [0.25, 0.3) is 0 Å². The highest BCUT2D eigenvalue weighted by Crippen LogP contribution is 1.94. The number of quaternary nitrogens is 3. The molecule has 17 heavy (non-hydrogen) atoms. The fraction of sp³-hybridized carbons (Fsp3) is 1.00. The van der Waals surface area contributed by atoms with Gasteiger partial charge in [-0.25, -0.2) is 0 Å². The molecule has 0 aliphatic carbocycles. The van der Waals surface area contributed by atoms with Crippen molar-refractivity contribution in [1.82, 2.24) is 0 Å². The third kappa shape index (κ3) is 6.33. The quantitative estimate of drug-likeness (QED) is 0.315. The summed E-state index contributed by atoms with van der Waals surface area (Å²) in [5.74, 6) is 0. The first kappa shape index (κ1) is 14.9. The van der Waals surface area contributed by atoms with Crippen molar-refractivity contribution >= 4 is 0 Å². The van der Waals surface area contributed by atoms with Crippen LogP contribution in [-0.2, 0) is 0 Å². The summed E-state index contributed by atoms with van der Waals surface area (Å²) in [4.78, 5) is 2.72. The number of hydrogen-bond donors (Lipinski definition) is 5. The van der Waals surface area contributed by atoms with Gasteiger partial charge < -0.3 is 25.7 Å². The Kier molecular flexibility index (Phi) is 6.99. The first-order valence-corrected chi connectivity index (χ1v) is 6.92. The fourth-order valence-corrected chi connectivity index (χ4v) is 2.65. The minimum Gasteiger partial charge on any atom is -0.382 e. The van der Waals surface area contributed by atoms with E-state index in [1.54, 1.807) is 0 Å². The van der Waals surface area contributed by atoms with Crippen LogP contribution in [0.5, 0.6) is 0 Å². The van der Waals surface area contributed by atoms with E-state index in [9.17, 15) is 10.2 Å². The van der Waals surface area contributed by atoms with Gasteiger partial charge in [-0.1, -0.05) is 0 Å². The summed E-state index contributed by atoms with van der Waals surface area (Å²) in [6.07, 6.45) is 3.35. The third-order valence-corrected chi connectivity index (χ3v) is 3.59. The van der Waals surface area contributed by atoms with Gasteiger partial charge in [0, 0.05) is 0 Å². The highest BCUT2D eigenvalue weighted by molar-refractivity contribution is 4.53. The number of hydrogen-bond acceptors (Lipinski definition) is 2. The van der Waals surface area contributed by atoms with Gasteiger partial charge >= 0.3 is 0 Å². The number of nitrogens with one attached hydrogen (secondary N) is 2. The lowest BCUT2D eigenvalue weighted by Crippen LogP contribution is -3.16. The summed E-state index contributed by atoms with van der Waals surface area (Å²) in [6.45, 7) is 5.22. The van der Waals surface area contributed by atoms with Gasteiger partial charge in [0.1, 0.15) is 26.2 Å². The summed E-state index contributed by atoms with van der Waals surface area (Å²) in [5, 5.41) is 19.5. The van der Waals surface area contributed by atoms with Crippen LogP contribution in [0.4, 0.5) is 0 Å². The Hall–Kier alpha value is -0.200. The Balaban J connectivity index is 2.16. The molecule has 0 bridgehead atoms. The normalized spacial score (nSPS) is 23.3. The molecule has 0 saturated carbocycles. The topological polar surface area (TPSA) is 77.0 Å². The van der Waals surface area contributed by atoms with Crippen molar-refractivity contribution in [1.29, 1.82) is 0 Å². The molecular weight excluding hydrogens is 218 g/mol. The lowest BCUT2D eigenvalue weighted by atomic mass is 10.1. The van der Waals surface area contributed by atoms with E-state index < -0.39 is 0 Å². The highest BCUT2D eigenvalue weighted by Gasteiger charge is 2.21. The number of piperidine rings is 1. The van der Waals surface area contributed by atoms with E-state index in [1.807, 2.05) is 7.05 Å². The van der Waals surface area contributed by atoms with Crippen molar-refractivity contribution < 1.29 is 25.7 Å². The molecule has 102 valence electrons. The Morgan fingerprint density at radius 3 is 2.29 bits per heavy atom. The molecule has 0 amide bonds. The summed E-state index contributed by atoms with van der Waals surface area (Å²) in [6, 6.07) is 0. The number of rotatable bonds is 7. The molecule has 1 saturated heterocycles.